The summed E-state index contributed by atoms with van der Waals surface area (Å²) in [5, 5.41) is 5.19. The van der Waals surface area contributed by atoms with Crippen LogP contribution in [-0.2, 0) is 6.42 Å². The molecule has 3 rings (SSSR count). The van der Waals surface area contributed by atoms with Gasteiger partial charge in [-0.2, -0.15) is 0 Å². The van der Waals surface area contributed by atoms with Crippen molar-refractivity contribution in [1.29, 1.82) is 0 Å². The van der Waals surface area contributed by atoms with Crippen LogP contribution in [0.1, 0.15) is 16.1 Å². The Morgan fingerprint density at radius 3 is 2.50 bits per heavy atom. The van der Waals surface area contributed by atoms with Gasteiger partial charge in [0.15, 0.2) is 0 Å². The molecule has 3 nitrogen and oxygen atoms in total. The molecule has 1 aromatic heterocycles. The van der Waals surface area contributed by atoms with Gasteiger partial charge in [0.1, 0.15) is 5.69 Å². The fourth-order valence-electron chi connectivity index (χ4n) is 2.29. The van der Waals surface area contributed by atoms with Gasteiger partial charge < -0.3 is 10.3 Å². The van der Waals surface area contributed by atoms with Crippen molar-refractivity contribution in [3.05, 3.63) is 69.8 Å². The van der Waals surface area contributed by atoms with Crippen molar-refractivity contribution >= 4 is 40.0 Å². The average molecular weight is 333 g/mol. The largest absolute Gasteiger partial charge is 0.351 e. The van der Waals surface area contributed by atoms with Gasteiger partial charge in [-0.3, -0.25) is 4.79 Å². The van der Waals surface area contributed by atoms with Crippen molar-refractivity contribution in [2.75, 3.05) is 6.54 Å². The lowest BCUT2D eigenvalue weighted by Crippen LogP contribution is -2.25. The number of halogens is 2. The van der Waals surface area contributed by atoms with Gasteiger partial charge in [-0.15, -0.1) is 0 Å². The molecule has 0 atom stereocenters. The summed E-state index contributed by atoms with van der Waals surface area (Å²) in [6.07, 6.45) is 0.759. The van der Waals surface area contributed by atoms with E-state index in [9.17, 15) is 4.79 Å². The number of aromatic nitrogens is 1. The first kappa shape index (κ1) is 14.9. The zero-order chi connectivity index (χ0) is 15.5. The predicted octanol–water partition coefficient (Wildman–Crippen LogP) is 4.45. The van der Waals surface area contributed by atoms with E-state index in [4.69, 9.17) is 23.2 Å². The maximum absolute atomic E-state index is 12.1. The van der Waals surface area contributed by atoms with E-state index in [0.29, 0.717) is 22.3 Å². The molecule has 0 radical (unpaired) electrons. The van der Waals surface area contributed by atoms with Crippen LogP contribution in [0.25, 0.3) is 10.9 Å². The summed E-state index contributed by atoms with van der Waals surface area (Å²) < 4.78 is 0. The molecule has 3 aromatic rings. The van der Waals surface area contributed by atoms with E-state index < -0.39 is 0 Å². The van der Waals surface area contributed by atoms with E-state index >= 15 is 0 Å². The lowest BCUT2D eigenvalue weighted by Gasteiger charge is -2.04. The summed E-state index contributed by atoms with van der Waals surface area (Å²) in [4.78, 5) is 15.2. The molecule has 0 spiro atoms. The molecule has 0 fully saturated rings. The van der Waals surface area contributed by atoms with Crippen LogP contribution < -0.4 is 5.32 Å². The van der Waals surface area contributed by atoms with Crippen LogP contribution in [0.15, 0.2) is 48.5 Å². The third kappa shape index (κ3) is 3.43. The van der Waals surface area contributed by atoms with Crippen molar-refractivity contribution < 1.29 is 4.79 Å². The monoisotopic (exact) mass is 332 g/mol. The van der Waals surface area contributed by atoms with Crippen molar-refractivity contribution in [3.8, 4) is 0 Å². The second kappa shape index (κ2) is 6.42. The highest BCUT2D eigenvalue weighted by molar-refractivity contribution is 6.31. The van der Waals surface area contributed by atoms with Crippen LogP contribution in [0, 0.1) is 0 Å². The summed E-state index contributed by atoms with van der Waals surface area (Å²) in [6, 6.07) is 14.9. The fraction of sp³-hybridized carbons (Fsp3) is 0.118. The minimum Gasteiger partial charge on any atom is -0.351 e. The Balaban J connectivity index is 1.62. The number of benzene rings is 2. The normalized spacial score (nSPS) is 10.8. The molecule has 1 heterocycles. The van der Waals surface area contributed by atoms with Gasteiger partial charge in [0.05, 0.1) is 0 Å². The van der Waals surface area contributed by atoms with Crippen molar-refractivity contribution in [2.45, 2.75) is 6.42 Å². The number of amides is 1. The van der Waals surface area contributed by atoms with Crippen molar-refractivity contribution in [3.63, 3.8) is 0 Å². The molecule has 1 amide bonds. The molecule has 0 saturated heterocycles. The highest BCUT2D eigenvalue weighted by atomic mass is 35.5. The molecule has 5 heteroatoms. The van der Waals surface area contributed by atoms with Crippen LogP contribution in [-0.4, -0.2) is 17.4 Å². The molecule has 22 heavy (non-hydrogen) atoms. The summed E-state index contributed by atoms with van der Waals surface area (Å²) in [7, 11) is 0. The number of carbonyl (C=O) groups excluding carboxylic acids is 1. The third-order valence-corrected chi connectivity index (χ3v) is 3.93. The predicted molar refractivity (Wildman–Crippen MR) is 90.8 cm³/mol. The first-order valence-electron chi connectivity index (χ1n) is 6.93. The molecule has 0 aliphatic rings. The Kier molecular flexibility index (Phi) is 4.36. The molecule has 0 aliphatic carbocycles. The van der Waals surface area contributed by atoms with E-state index in [1.165, 1.54) is 0 Å². The number of hydrogen-bond donors (Lipinski definition) is 2. The zero-order valence-electron chi connectivity index (χ0n) is 11.7. The van der Waals surface area contributed by atoms with Crippen LogP contribution in [0.3, 0.4) is 0 Å². The van der Waals surface area contributed by atoms with Gasteiger partial charge in [0.25, 0.3) is 5.91 Å². The van der Waals surface area contributed by atoms with Crippen LogP contribution in [0.2, 0.25) is 10.0 Å². The smallest absolute Gasteiger partial charge is 0.267 e. The molecule has 2 N–H and O–H groups in total. The summed E-state index contributed by atoms with van der Waals surface area (Å²) in [5.74, 6) is -0.124. The van der Waals surface area contributed by atoms with E-state index in [0.717, 1.165) is 22.9 Å². The Bertz CT molecular complexity index is 809. The molecular weight excluding hydrogens is 319 g/mol. The van der Waals surface area contributed by atoms with Gasteiger partial charge >= 0.3 is 0 Å². The van der Waals surface area contributed by atoms with Gasteiger partial charge in [0.2, 0.25) is 0 Å². The maximum atomic E-state index is 12.1. The Hall–Kier alpha value is -1.97. The summed E-state index contributed by atoms with van der Waals surface area (Å²) in [5.41, 5.74) is 2.56. The third-order valence-electron chi connectivity index (χ3n) is 3.44. The quantitative estimate of drug-likeness (QED) is 0.728. The van der Waals surface area contributed by atoms with Gasteiger partial charge in [-0.05, 0) is 48.4 Å². The molecule has 0 saturated carbocycles. The second-order valence-corrected chi connectivity index (χ2v) is 5.92. The van der Waals surface area contributed by atoms with Crippen LogP contribution in [0.5, 0.6) is 0 Å². The molecule has 0 unspecified atom stereocenters. The minimum absolute atomic E-state index is 0.124. The molecular formula is C17H14Cl2N2O. The fourth-order valence-corrected chi connectivity index (χ4v) is 2.60. The standard InChI is InChI=1S/C17H14Cl2N2O/c18-13-3-1-11(2-4-13)7-8-20-17(22)16-10-12-9-14(19)5-6-15(12)21-16/h1-6,9-10,21H,7-8H2,(H,20,22). The van der Waals surface area contributed by atoms with Gasteiger partial charge in [-0.25, -0.2) is 0 Å². The molecule has 112 valence electrons. The van der Waals surface area contributed by atoms with Crippen LogP contribution in [0.4, 0.5) is 0 Å². The van der Waals surface area contributed by atoms with Crippen LogP contribution >= 0.6 is 23.2 Å². The number of hydrogen-bond acceptors (Lipinski definition) is 1. The van der Waals surface area contributed by atoms with E-state index in [1.807, 2.05) is 36.4 Å². The molecule has 0 bridgehead atoms. The topological polar surface area (TPSA) is 44.9 Å². The SMILES string of the molecule is O=C(NCCc1ccc(Cl)cc1)c1cc2cc(Cl)ccc2[nH]1. The number of H-pyrrole nitrogens is 1. The lowest BCUT2D eigenvalue weighted by molar-refractivity contribution is 0.0950. The highest BCUT2D eigenvalue weighted by Crippen LogP contribution is 2.20. The number of aromatic amines is 1. The highest BCUT2D eigenvalue weighted by Gasteiger charge is 2.09. The summed E-state index contributed by atoms with van der Waals surface area (Å²) in [6.45, 7) is 0.566. The average Bonchev–Trinajstić information content (AvgIpc) is 2.92. The number of nitrogens with one attached hydrogen (secondary N) is 2. The van der Waals surface area contributed by atoms with E-state index in [1.54, 1.807) is 12.1 Å². The number of fused-ring (bicyclic) bond motifs is 1. The first-order chi connectivity index (χ1) is 10.6. The second-order valence-electron chi connectivity index (χ2n) is 5.05. The first-order valence-corrected chi connectivity index (χ1v) is 7.68. The molecule has 0 aliphatic heterocycles. The van der Waals surface area contributed by atoms with E-state index in [-0.39, 0.29) is 5.91 Å². The maximum Gasteiger partial charge on any atom is 0.267 e. The van der Waals surface area contributed by atoms with Gasteiger partial charge in [0, 0.05) is 27.5 Å². The van der Waals surface area contributed by atoms with Gasteiger partial charge in [-0.1, -0.05) is 35.3 Å². The number of carbonyl (C=O) groups is 1. The Morgan fingerprint density at radius 1 is 1.00 bits per heavy atom. The zero-order valence-corrected chi connectivity index (χ0v) is 13.2. The lowest BCUT2D eigenvalue weighted by atomic mass is 10.1. The minimum atomic E-state index is -0.124. The molecule has 2 aromatic carbocycles. The Morgan fingerprint density at radius 2 is 1.73 bits per heavy atom. The van der Waals surface area contributed by atoms with Crippen molar-refractivity contribution in [2.24, 2.45) is 0 Å². The number of rotatable bonds is 4. The Labute approximate surface area is 138 Å². The summed E-state index contributed by atoms with van der Waals surface area (Å²) >= 11 is 11.8. The van der Waals surface area contributed by atoms with E-state index in [2.05, 4.69) is 10.3 Å². The van der Waals surface area contributed by atoms with Crippen molar-refractivity contribution in [1.82, 2.24) is 10.3 Å².